The highest BCUT2D eigenvalue weighted by Gasteiger charge is 2.32. The van der Waals surface area contributed by atoms with E-state index in [1.807, 2.05) is 22.6 Å². The number of hydrogen-bond acceptors (Lipinski definition) is 4. The molecule has 19 heavy (non-hydrogen) atoms. The summed E-state index contributed by atoms with van der Waals surface area (Å²) in [5.41, 5.74) is 0.528. The summed E-state index contributed by atoms with van der Waals surface area (Å²) >= 11 is 7.45. The number of nitrogens with zero attached hydrogens (tertiary/aromatic N) is 1. The molecule has 0 amide bonds. The molecule has 9 heteroatoms. The van der Waals surface area contributed by atoms with Crippen molar-refractivity contribution >= 4 is 40.2 Å². The van der Waals surface area contributed by atoms with Gasteiger partial charge in [0.05, 0.1) is 25.1 Å². The molecule has 0 radical (unpaired) electrons. The van der Waals surface area contributed by atoms with Gasteiger partial charge in [-0.05, 0) is 28.2 Å². The number of alkyl halides is 4. The minimum atomic E-state index is -4.86. The van der Waals surface area contributed by atoms with Crippen molar-refractivity contribution in [3.05, 3.63) is 20.9 Å². The van der Waals surface area contributed by atoms with Crippen molar-refractivity contribution in [1.29, 1.82) is 0 Å². The maximum Gasteiger partial charge on any atom is 0.574 e. The van der Waals surface area contributed by atoms with Crippen LogP contribution in [0.2, 0.25) is 0 Å². The number of ether oxygens (including phenoxy) is 2. The Labute approximate surface area is 125 Å². The summed E-state index contributed by atoms with van der Waals surface area (Å²) in [6.07, 6.45) is -5.04. The van der Waals surface area contributed by atoms with Crippen LogP contribution in [0.25, 0.3) is 0 Å². The van der Waals surface area contributed by atoms with E-state index in [1.165, 1.54) is 7.11 Å². The van der Waals surface area contributed by atoms with Crippen LogP contribution >= 0.6 is 34.2 Å². The SMILES string of the molecule is COC(=O)Cc1cc(OC(F)(F)F)nc(CCl)c1I. The van der Waals surface area contributed by atoms with Gasteiger partial charge >= 0.3 is 12.3 Å². The van der Waals surface area contributed by atoms with Crippen LogP contribution in [0.15, 0.2) is 6.07 Å². The number of rotatable bonds is 4. The molecule has 0 aromatic carbocycles. The van der Waals surface area contributed by atoms with Gasteiger partial charge in [0.1, 0.15) is 0 Å². The van der Waals surface area contributed by atoms with Crippen molar-refractivity contribution in [3.63, 3.8) is 0 Å². The molecule has 0 saturated heterocycles. The Morgan fingerprint density at radius 3 is 2.63 bits per heavy atom. The summed E-state index contributed by atoms with van der Waals surface area (Å²) in [7, 11) is 1.19. The second kappa shape index (κ2) is 6.60. The van der Waals surface area contributed by atoms with Gasteiger partial charge < -0.3 is 9.47 Å². The molecule has 4 nitrogen and oxygen atoms in total. The molecule has 0 aliphatic heterocycles. The van der Waals surface area contributed by atoms with Crippen LogP contribution < -0.4 is 4.74 Å². The van der Waals surface area contributed by atoms with Gasteiger partial charge in [-0.1, -0.05) is 0 Å². The number of halogens is 5. The van der Waals surface area contributed by atoms with Crippen LogP contribution in [0.3, 0.4) is 0 Å². The summed E-state index contributed by atoms with van der Waals surface area (Å²) < 4.78 is 45.1. The topological polar surface area (TPSA) is 48.4 Å². The Balaban J connectivity index is 3.14. The predicted octanol–water partition coefficient (Wildman–Crippen LogP) is 3.04. The minimum absolute atomic E-state index is 0.0957. The summed E-state index contributed by atoms with van der Waals surface area (Å²) in [6, 6.07) is 1.04. The first kappa shape index (κ1) is 16.3. The Hall–Kier alpha value is -0.770. The molecule has 0 bridgehead atoms. The fourth-order valence-electron chi connectivity index (χ4n) is 1.23. The largest absolute Gasteiger partial charge is 0.574 e. The first-order chi connectivity index (χ1) is 8.76. The number of pyridine rings is 1. The molecule has 1 aromatic rings. The molecule has 0 saturated carbocycles. The van der Waals surface area contributed by atoms with Crippen molar-refractivity contribution in [1.82, 2.24) is 4.98 Å². The van der Waals surface area contributed by atoms with E-state index < -0.39 is 18.2 Å². The fourth-order valence-corrected chi connectivity index (χ4v) is 2.30. The molecule has 0 unspecified atom stereocenters. The van der Waals surface area contributed by atoms with Crippen molar-refractivity contribution in [3.8, 4) is 5.88 Å². The van der Waals surface area contributed by atoms with Gasteiger partial charge in [0.25, 0.3) is 0 Å². The fraction of sp³-hybridized carbons (Fsp3) is 0.400. The van der Waals surface area contributed by atoms with Crippen molar-refractivity contribution in [2.45, 2.75) is 18.7 Å². The molecule has 106 valence electrons. The van der Waals surface area contributed by atoms with Crippen molar-refractivity contribution in [2.24, 2.45) is 0 Å². The standard InChI is InChI=1S/C10H8ClF3INO3/c1-18-8(17)3-5-2-7(19-10(12,13)14)16-6(4-11)9(5)15/h2H,3-4H2,1H3. The van der Waals surface area contributed by atoms with Crippen LogP contribution in [0.4, 0.5) is 13.2 Å². The van der Waals surface area contributed by atoms with Crippen LogP contribution in [0, 0.1) is 3.57 Å². The lowest BCUT2D eigenvalue weighted by molar-refractivity contribution is -0.276. The zero-order valence-corrected chi connectivity index (χ0v) is 12.5. The van der Waals surface area contributed by atoms with Gasteiger partial charge in [0, 0.05) is 9.64 Å². The van der Waals surface area contributed by atoms with Gasteiger partial charge in [-0.15, -0.1) is 24.8 Å². The quantitative estimate of drug-likeness (QED) is 0.436. The summed E-state index contributed by atoms with van der Waals surface area (Å²) in [5, 5.41) is 0. The molecular weight excluding hydrogens is 401 g/mol. The van der Waals surface area contributed by atoms with Gasteiger partial charge in [-0.25, -0.2) is 4.98 Å². The Morgan fingerprint density at radius 1 is 1.53 bits per heavy atom. The lowest BCUT2D eigenvalue weighted by Crippen LogP contribution is -2.19. The minimum Gasteiger partial charge on any atom is -0.469 e. The molecule has 0 aliphatic carbocycles. The highest BCUT2D eigenvalue weighted by molar-refractivity contribution is 14.1. The molecule has 1 aromatic heterocycles. The lowest BCUT2D eigenvalue weighted by Gasteiger charge is -2.12. The molecule has 1 rings (SSSR count). The average Bonchev–Trinajstić information content (AvgIpc) is 2.30. The van der Waals surface area contributed by atoms with E-state index in [4.69, 9.17) is 11.6 Å². The summed E-state index contributed by atoms with van der Waals surface area (Å²) in [6.45, 7) is 0. The van der Waals surface area contributed by atoms with E-state index in [-0.39, 0.29) is 18.0 Å². The molecule has 0 aliphatic rings. The van der Waals surface area contributed by atoms with E-state index >= 15 is 0 Å². The molecule has 0 fully saturated rings. The van der Waals surface area contributed by atoms with Crippen LogP contribution in [0.5, 0.6) is 5.88 Å². The third-order valence-electron chi connectivity index (χ3n) is 1.99. The van der Waals surface area contributed by atoms with E-state index in [1.54, 1.807) is 0 Å². The third kappa shape index (κ3) is 5.01. The smallest absolute Gasteiger partial charge is 0.469 e. The number of methoxy groups -OCH3 is 1. The van der Waals surface area contributed by atoms with Crippen LogP contribution in [-0.2, 0) is 21.8 Å². The number of aromatic nitrogens is 1. The lowest BCUT2D eigenvalue weighted by atomic mass is 10.1. The van der Waals surface area contributed by atoms with E-state index in [9.17, 15) is 18.0 Å². The summed E-state index contributed by atoms with van der Waals surface area (Å²) in [5.74, 6) is -1.33. The molecule has 0 atom stereocenters. The maximum absolute atomic E-state index is 12.1. The molecule has 0 N–H and O–H groups in total. The molecule has 1 heterocycles. The maximum atomic E-state index is 12.1. The van der Waals surface area contributed by atoms with Gasteiger partial charge in [0.2, 0.25) is 5.88 Å². The van der Waals surface area contributed by atoms with Crippen molar-refractivity contribution < 1.29 is 27.4 Å². The summed E-state index contributed by atoms with van der Waals surface area (Å²) in [4.78, 5) is 14.8. The monoisotopic (exact) mass is 409 g/mol. The van der Waals surface area contributed by atoms with E-state index in [2.05, 4.69) is 14.5 Å². The van der Waals surface area contributed by atoms with Gasteiger partial charge in [-0.2, -0.15) is 0 Å². The number of esters is 1. The van der Waals surface area contributed by atoms with Crippen LogP contribution in [0.1, 0.15) is 11.3 Å². The first-order valence-electron chi connectivity index (χ1n) is 4.83. The zero-order valence-electron chi connectivity index (χ0n) is 9.55. The van der Waals surface area contributed by atoms with Gasteiger partial charge in [-0.3, -0.25) is 4.79 Å². The Kier molecular flexibility index (Phi) is 5.65. The van der Waals surface area contributed by atoms with Gasteiger partial charge in [0.15, 0.2) is 0 Å². The van der Waals surface area contributed by atoms with Crippen LogP contribution in [-0.4, -0.2) is 24.4 Å². The first-order valence-corrected chi connectivity index (χ1v) is 6.45. The Bertz CT molecular complexity index is 482. The number of carbonyl (C=O) groups excluding carboxylic acids is 1. The highest BCUT2D eigenvalue weighted by Crippen LogP contribution is 2.27. The Morgan fingerprint density at radius 2 is 2.16 bits per heavy atom. The normalized spacial score (nSPS) is 11.3. The molecular formula is C10H8ClF3INO3. The highest BCUT2D eigenvalue weighted by atomic mass is 127. The third-order valence-corrected chi connectivity index (χ3v) is 3.56. The average molecular weight is 410 g/mol. The van der Waals surface area contributed by atoms with E-state index in [0.29, 0.717) is 9.13 Å². The van der Waals surface area contributed by atoms with Crippen molar-refractivity contribution in [2.75, 3.05) is 7.11 Å². The predicted molar refractivity (Wildman–Crippen MR) is 68.9 cm³/mol. The second-order valence-corrected chi connectivity index (χ2v) is 4.66. The van der Waals surface area contributed by atoms with E-state index in [0.717, 1.165) is 6.07 Å². The molecule has 0 spiro atoms. The second-order valence-electron chi connectivity index (χ2n) is 3.31. The zero-order chi connectivity index (χ0) is 14.6. The number of hydrogen-bond donors (Lipinski definition) is 0. The number of carbonyl (C=O) groups is 1.